The predicted molar refractivity (Wildman–Crippen MR) is 107 cm³/mol. The highest BCUT2D eigenvalue weighted by Crippen LogP contribution is 2.34. The maximum absolute atomic E-state index is 12.8. The number of nitrogens with one attached hydrogen (secondary N) is 1. The van der Waals surface area contributed by atoms with Crippen molar-refractivity contribution in [1.29, 1.82) is 0 Å². The van der Waals surface area contributed by atoms with Gasteiger partial charge in [-0.05, 0) is 49.4 Å². The minimum Gasteiger partial charge on any atom is -0.479 e. The van der Waals surface area contributed by atoms with Crippen LogP contribution in [0.3, 0.4) is 0 Å². The maximum atomic E-state index is 12.8. The molecule has 3 rings (SSSR count). The fourth-order valence-electron chi connectivity index (χ4n) is 2.56. The second kappa shape index (κ2) is 8.68. The Bertz CT molecular complexity index is 1160. The zero-order valence-corrected chi connectivity index (χ0v) is 16.6. The van der Waals surface area contributed by atoms with Gasteiger partial charge in [-0.25, -0.2) is 9.78 Å². The Morgan fingerprint density at radius 2 is 1.90 bits per heavy atom. The van der Waals surface area contributed by atoms with E-state index in [0.29, 0.717) is 11.4 Å². The molecule has 0 radical (unpaired) electrons. The zero-order valence-electron chi connectivity index (χ0n) is 15.9. The van der Waals surface area contributed by atoms with Gasteiger partial charge in [0.15, 0.2) is 11.9 Å². The molecule has 3 aromatic rings. The molecular weight excluding hydrogens is 439 g/mol. The largest absolute Gasteiger partial charge is 0.479 e. The third kappa shape index (κ3) is 5.15. The van der Waals surface area contributed by atoms with Crippen LogP contribution in [0.1, 0.15) is 12.5 Å². The lowest BCUT2D eigenvalue weighted by Crippen LogP contribution is -2.23. The smallest absolute Gasteiger partial charge is 0.416 e. The number of alkyl halides is 3. The van der Waals surface area contributed by atoms with Crippen LogP contribution < -0.4 is 15.6 Å². The number of anilines is 2. The quantitative estimate of drug-likeness (QED) is 0.571. The van der Waals surface area contributed by atoms with E-state index in [9.17, 15) is 22.8 Å². The number of benzene rings is 2. The molecule has 0 spiro atoms. The van der Waals surface area contributed by atoms with E-state index in [4.69, 9.17) is 21.4 Å². The van der Waals surface area contributed by atoms with Crippen LogP contribution in [0.5, 0.6) is 5.75 Å². The minimum absolute atomic E-state index is 0.0865. The molecule has 2 N–H and O–H groups in total. The number of hydrogen-bond acceptors (Lipinski definition) is 5. The molecule has 11 heteroatoms. The lowest BCUT2D eigenvalue weighted by atomic mass is 10.2. The van der Waals surface area contributed by atoms with Crippen LogP contribution in [0.15, 0.2) is 59.7 Å². The van der Waals surface area contributed by atoms with Gasteiger partial charge in [-0.3, -0.25) is 9.36 Å². The Hall–Kier alpha value is -3.53. The molecule has 31 heavy (non-hydrogen) atoms. The summed E-state index contributed by atoms with van der Waals surface area (Å²) in [6.45, 7) is 1.38. The maximum Gasteiger partial charge on any atom is 0.416 e. The summed E-state index contributed by atoms with van der Waals surface area (Å²) in [5.74, 6) is -0.966. The monoisotopic (exact) mass is 453 g/mol. The molecule has 0 amide bonds. The molecule has 0 aliphatic heterocycles. The van der Waals surface area contributed by atoms with E-state index in [2.05, 4.69) is 10.3 Å². The number of halogens is 4. The summed E-state index contributed by atoms with van der Waals surface area (Å²) in [5, 5.41) is 11.3. The van der Waals surface area contributed by atoms with Crippen molar-refractivity contribution in [3.8, 4) is 11.4 Å². The standard InChI is InChI=1S/C20H15ClF3N3O4/c1-11(19(29)30)31-14-5-3-13(4-6-14)27-9-8-25-17(18(27)28)26-16-7-2-12(10-15(16)21)20(22,23)24/h2-11H,1H3,(H,25,26)(H,29,30). The molecule has 7 nitrogen and oxygen atoms in total. The lowest BCUT2D eigenvalue weighted by Gasteiger charge is -2.13. The number of aliphatic carboxylic acids is 1. The predicted octanol–water partition coefficient (Wildman–Crippen LogP) is 4.50. The first-order valence-corrected chi connectivity index (χ1v) is 9.15. The van der Waals surface area contributed by atoms with Crippen LogP contribution in [-0.4, -0.2) is 26.7 Å². The van der Waals surface area contributed by atoms with Gasteiger partial charge in [-0.1, -0.05) is 11.6 Å². The number of carboxylic acids is 1. The van der Waals surface area contributed by atoms with E-state index < -0.39 is 29.4 Å². The van der Waals surface area contributed by atoms with Gasteiger partial charge in [0.1, 0.15) is 5.75 Å². The second-order valence-corrected chi connectivity index (χ2v) is 6.77. The van der Waals surface area contributed by atoms with E-state index in [-0.39, 0.29) is 16.5 Å². The number of carboxylic acid groups (broad SMARTS) is 1. The number of rotatable bonds is 6. The summed E-state index contributed by atoms with van der Waals surface area (Å²) in [6.07, 6.45) is -2.85. The first-order valence-electron chi connectivity index (χ1n) is 8.77. The summed E-state index contributed by atoms with van der Waals surface area (Å²) in [5.41, 5.74) is -0.972. The van der Waals surface area contributed by atoms with E-state index in [1.807, 2.05) is 0 Å². The van der Waals surface area contributed by atoms with Gasteiger partial charge in [-0.2, -0.15) is 13.2 Å². The fourth-order valence-corrected chi connectivity index (χ4v) is 2.79. The van der Waals surface area contributed by atoms with Gasteiger partial charge in [-0.15, -0.1) is 0 Å². The Kier molecular flexibility index (Phi) is 6.21. The Morgan fingerprint density at radius 3 is 2.48 bits per heavy atom. The van der Waals surface area contributed by atoms with Crippen molar-refractivity contribution >= 4 is 29.1 Å². The molecule has 1 aromatic heterocycles. The molecule has 1 heterocycles. The Morgan fingerprint density at radius 1 is 1.23 bits per heavy atom. The second-order valence-electron chi connectivity index (χ2n) is 6.36. The van der Waals surface area contributed by atoms with Crippen molar-refractivity contribution in [2.45, 2.75) is 19.2 Å². The molecule has 0 saturated carbocycles. The number of hydrogen-bond donors (Lipinski definition) is 2. The van der Waals surface area contributed by atoms with Crippen LogP contribution in [0.25, 0.3) is 5.69 Å². The van der Waals surface area contributed by atoms with Crippen molar-refractivity contribution < 1.29 is 27.8 Å². The van der Waals surface area contributed by atoms with E-state index in [1.165, 1.54) is 36.0 Å². The summed E-state index contributed by atoms with van der Waals surface area (Å²) in [4.78, 5) is 27.6. The topological polar surface area (TPSA) is 93.5 Å². The van der Waals surface area contributed by atoms with Crippen molar-refractivity contribution in [2.75, 3.05) is 5.32 Å². The van der Waals surface area contributed by atoms with Crippen molar-refractivity contribution in [3.63, 3.8) is 0 Å². The van der Waals surface area contributed by atoms with Crippen LogP contribution >= 0.6 is 11.6 Å². The average Bonchev–Trinajstić information content (AvgIpc) is 2.70. The van der Waals surface area contributed by atoms with Gasteiger partial charge in [0.2, 0.25) is 0 Å². The van der Waals surface area contributed by atoms with Crippen LogP contribution in [-0.2, 0) is 11.0 Å². The molecule has 0 saturated heterocycles. The molecule has 162 valence electrons. The number of nitrogens with zero attached hydrogens (tertiary/aromatic N) is 2. The summed E-state index contributed by atoms with van der Waals surface area (Å²) < 4.78 is 44.8. The Balaban J connectivity index is 1.86. The van der Waals surface area contributed by atoms with Crippen LogP contribution in [0.2, 0.25) is 5.02 Å². The summed E-state index contributed by atoms with van der Waals surface area (Å²) in [7, 11) is 0. The number of aromatic nitrogens is 2. The third-order valence-electron chi connectivity index (χ3n) is 4.17. The van der Waals surface area contributed by atoms with E-state index in [1.54, 1.807) is 12.1 Å². The van der Waals surface area contributed by atoms with Gasteiger partial charge in [0, 0.05) is 18.1 Å². The lowest BCUT2D eigenvalue weighted by molar-refractivity contribution is -0.144. The SMILES string of the molecule is CC(Oc1ccc(-n2ccnc(Nc3ccc(C(F)(F)F)cc3Cl)c2=O)cc1)C(=O)O. The van der Waals surface area contributed by atoms with Gasteiger partial charge in [0.05, 0.1) is 16.3 Å². The molecule has 0 bridgehead atoms. The highest BCUT2D eigenvalue weighted by molar-refractivity contribution is 6.33. The fraction of sp³-hybridized carbons (Fsp3) is 0.150. The summed E-state index contributed by atoms with van der Waals surface area (Å²) >= 11 is 5.92. The van der Waals surface area contributed by atoms with Crippen LogP contribution in [0, 0.1) is 0 Å². The van der Waals surface area contributed by atoms with Gasteiger partial charge < -0.3 is 15.2 Å². The number of carbonyl (C=O) groups is 1. The molecule has 0 fully saturated rings. The Labute approximate surface area is 178 Å². The van der Waals surface area contributed by atoms with Crippen molar-refractivity contribution in [1.82, 2.24) is 9.55 Å². The minimum atomic E-state index is -4.54. The molecule has 2 aromatic carbocycles. The van der Waals surface area contributed by atoms with Crippen LogP contribution in [0.4, 0.5) is 24.7 Å². The highest BCUT2D eigenvalue weighted by Gasteiger charge is 2.31. The van der Waals surface area contributed by atoms with Gasteiger partial charge in [0.25, 0.3) is 5.56 Å². The average molecular weight is 454 g/mol. The highest BCUT2D eigenvalue weighted by atomic mass is 35.5. The molecular formula is C20H15ClF3N3O4. The summed E-state index contributed by atoms with van der Waals surface area (Å²) in [6, 6.07) is 8.79. The van der Waals surface area contributed by atoms with E-state index in [0.717, 1.165) is 18.2 Å². The molecule has 0 aliphatic carbocycles. The molecule has 0 aliphatic rings. The van der Waals surface area contributed by atoms with Crippen molar-refractivity contribution in [2.24, 2.45) is 0 Å². The van der Waals surface area contributed by atoms with Gasteiger partial charge >= 0.3 is 12.1 Å². The van der Waals surface area contributed by atoms with Crippen molar-refractivity contribution in [3.05, 3.63) is 75.8 Å². The normalized spacial score (nSPS) is 12.3. The molecule has 1 atom stereocenters. The third-order valence-corrected chi connectivity index (χ3v) is 4.48. The number of ether oxygens (including phenoxy) is 1. The molecule has 1 unspecified atom stereocenters. The first-order chi connectivity index (χ1) is 14.6. The van der Waals surface area contributed by atoms with E-state index >= 15 is 0 Å². The first kappa shape index (κ1) is 22.2. The zero-order chi connectivity index (χ0) is 22.8.